The van der Waals surface area contributed by atoms with Crippen LogP contribution in [-0.4, -0.2) is 61.5 Å². The Bertz CT molecular complexity index is 1190. The molecule has 2 aliphatic rings. The number of piperidine rings is 1. The Balaban J connectivity index is 1.33. The molecule has 7 nitrogen and oxygen atoms in total. The zero-order valence-corrected chi connectivity index (χ0v) is 19.2. The SMILES string of the molecule is C[C@H]1CCCCN1S(=O)(=O)c1ccc2nc(N3CCN(c4ccccn4)CC3)ccc2c1. The maximum Gasteiger partial charge on any atom is 0.243 e. The van der Waals surface area contributed by atoms with Gasteiger partial charge in [0, 0.05) is 50.3 Å². The predicted octanol–water partition coefficient (Wildman–Crippen LogP) is 3.52. The van der Waals surface area contributed by atoms with Gasteiger partial charge in [0.05, 0.1) is 10.4 Å². The van der Waals surface area contributed by atoms with Gasteiger partial charge in [-0.25, -0.2) is 18.4 Å². The van der Waals surface area contributed by atoms with E-state index in [2.05, 4.69) is 14.8 Å². The molecule has 3 aromatic rings. The van der Waals surface area contributed by atoms with Crippen LogP contribution >= 0.6 is 0 Å². The average Bonchev–Trinajstić information content (AvgIpc) is 2.84. The van der Waals surface area contributed by atoms with E-state index in [1.807, 2.05) is 49.5 Å². The fourth-order valence-electron chi connectivity index (χ4n) is 4.70. The van der Waals surface area contributed by atoms with Crippen molar-refractivity contribution in [2.24, 2.45) is 0 Å². The number of rotatable bonds is 4. The van der Waals surface area contributed by atoms with Crippen LogP contribution in [0.4, 0.5) is 11.6 Å². The highest BCUT2D eigenvalue weighted by Crippen LogP contribution is 2.28. The molecule has 2 aliphatic heterocycles. The quantitative estimate of drug-likeness (QED) is 0.605. The highest BCUT2D eigenvalue weighted by molar-refractivity contribution is 7.89. The molecule has 32 heavy (non-hydrogen) atoms. The maximum absolute atomic E-state index is 13.2. The van der Waals surface area contributed by atoms with E-state index >= 15 is 0 Å². The van der Waals surface area contributed by atoms with E-state index in [4.69, 9.17) is 4.98 Å². The van der Waals surface area contributed by atoms with Crippen LogP contribution in [0.2, 0.25) is 0 Å². The molecule has 2 aromatic heterocycles. The third-order valence-electron chi connectivity index (χ3n) is 6.57. The number of anilines is 2. The molecule has 8 heteroatoms. The first-order chi connectivity index (χ1) is 15.5. The zero-order valence-electron chi connectivity index (χ0n) is 18.4. The number of hydrogen-bond acceptors (Lipinski definition) is 6. The molecule has 2 saturated heterocycles. The van der Waals surface area contributed by atoms with Crippen LogP contribution in [0.3, 0.4) is 0 Å². The third kappa shape index (κ3) is 4.04. The monoisotopic (exact) mass is 451 g/mol. The number of hydrogen-bond donors (Lipinski definition) is 0. The van der Waals surface area contributed by atoms with Crippen molar-refractivity contribution in [1.82, 2.24) is 14.3 Å². The van der Waals surface area contributed by atoms with Crippen LogP contribution in [0.25, 0.3) is 10.9 Å². The second kappa shape index (κ2) is 8.67. The first-order valence-electron chi connectivity index (χ1n) is 11.4. The molecule has 5 rings (SSSR count). The molecule has 0 saturated carbocycles. The second-order valence-corrected chi connectivity index (χ2v) is 10.5. The first kappa shape index (κ1) is 21.2. The fourth-order valence-corrected chi connectivity index (χ4v) is 6.43. The Hall–Kier alpha value is -2.71. The summed E-state index contributed by atoms with van der Waals surface area (Å²) in [4.78, 5) is 14.2. The average molecular weight is 452 g/mol. The highest BCUT2D eigenvalue weighted by atomic mass is 32.2. The molecule has 4 heterocycles. The molecule has 1 atom stereocenters. The molecular formula is C24H29N5O2S. The molecule has 0 unspecified atom stereocenters. The van der Waals surface area contributed by atoms with Crippen LogP contribution < -0.4 is 9.80 Å². The Morgan fingerprint density at radius 3 is 2.38 bits per heavy atom. The number of nitrogens with zero attached hydrogens (tertiary/aromatic N) is 5. The second-order valence-electron chi connectivity index (χ2n) is 8.65. The third-order valence-corrected chi connectivity index (χ3v) is 8.58. The number of sulfonamides is 1. The number of fused-ring (bicyclic) bond motifs is 1. The minimum absolute atomic E-state index is 0.0506. The largest absolute Gasteiger partial charge is 0.353 e. The lowest BCUT2D eigenvalue weighted by Crippen LogP contribution is -2.47. The molecule has 0 amide bonds. The summed E-state index contributed by atoms with van der Waals surface area (Å²) in [5.74, 6) is 1.94. The molecule has 0 aliphatic carbocycles. The summed E-state index contributed by atoms with van der Waals surface area (Å²) in [5, 5.41) is 0.853. The Morgan fingerprint density at radius 2 is 1.66 bits per heavy atom. The molecule has 0 spiro atoms. The van der Waals surface area contributed by atoms with E-state index in [0.717, 1.165) is 68.0 Å². The molecular weight excluding hydrogens is 422 g/mol. The predicted molar refractivity (Wildman–Crippen MR) is 128 cm³/mol. The van der Waals surface area contributed by atoms with Crippen LogP contribution in [0, 0.1) is 0 Å². The van der Waals surface area contributed by atoms with Gasteiger partial charge in [0.25, 0.3) is 0 Å². The smallest absolute Gasteiger partial charge is 0.243 e. The minimum atomic E-state index is -3.48. The zero-order chi connectivity index (χ0) is 22.1. The number of piperazine rings is 1. The van der Waals surface area contributed by atoms with Gasteiger partial charge in [0.15, 0.2) is 0 Å². The van der Waals surface area contributed by atoms with E-state index in [1.165, 1.54) is 0 Å². The summed E-state index contributed by atoms with van der Waals surface area (Å²) < 4.78 is 28.0. The van der Waals surface area contributed by atoms with Crippen LogP contribution in [-0.2, 0) is 10.0 Å². The van der Waals surface area contributed by atoms with Crippen molar-refractivity contribution in [1.29, 1.82) is 0 Å². The highest BCUT2D eigenvalue weighted by Gasteiger charge is 2.31. The maximum atomic E-state index is 13.2. The van der Waals surface area contributed by atoms with Gasteiger partial charge < -0.3 is 9.80 Å². The molecule has 2 fully saturated rings. The van der Waals surface area contributed by atoms with Gasteiger partial charge >= 0.3 is 0 Å². The molecule has 0 bridgehead atoms. The lowest BCUT2D eigenvalue weighted by atomic mass is 10.1. The first-order valence-corrected chi connectivity index (χ1v) is 12.8. The number of benzene rings is 1. The van der Waals surface area contributed by atoms with Gasteiger partial charge in [0.1, 0.15) is 11.6 Å². The Morgan fingerprint density at radius 1 is 0.875 bits per heavy atom. The Kier molecular flexibility index (Phi) is 5.73. The van der Waals surface area contributed by atoms with Gasteiger partial charge in [-0.3, -0.25) is 0 Å². The van der Waals surface area contributed by atoms with Gasteiger partial charge in [0.2, 0.25) is 10.0 Å². The normalized spacial score (nSPS) is 20.6. The van der Waals surface area contributed by atoms with E-state index in [0.29, 0.717) is 11.4 Å². The van der Waals surface area contributed by atoms with Crippen LogP contribution in [0.15, 0.2) is 59.6 Å². The van der Waals surface area contributed by atoms with Crippen molar-refractivity contribution >= 4 is 32.6 Å². The molecule has 0 radical (unpaired) electrons. The molecule has 0 N–H and O–H groups in total. The summed E-state index contributed by atoms with van der Waals surface area (Å²) >= 11 is 0. The standard InChI is InChI=1S/C24H29N5O2S/c1-19-6-3-5-13-29(19)32(30,31)21-9-10-22-20(18-21)8-11-24(26-22)28-16-14-27(15-17-28)23-7-2-4-12-25-23/h2,4,7-12,18-19H,3,5-6,13-17H2,1H3/t19-/m0/s1. The number of aromatic nitrogens is 2. The van der Waals surface area contributed by atoms with Crippen molar-refractivity contribution in [3.05, 3.63) is 54.7 Å². The Labute approximate surface area is 189 Å². The summed E-state index contributed by atoms with van der Waals surface area (Å²) in [6, 6.07) is 15.3. The van der Waals surface area contributed by atoms with Crippen LogP contribution in [0.5, 0.6) is 0 Å². The van der Waals surface area contributed by atoms with Gasteiger partial charge in [-0.05, 0) is 62.2 Å². The lowest BCUT2D eigenvalue weighted by Gasteiger charge is -2.36. The molecule has 168 valence electrons. The van der Waals surface area contributed by atoms with Crippen molar-refractivity contribution in [3.8, 4) is 0 Å². The van der Waals surface area contributed by atoms with E-state index < -0.39 is 10.0 Å². The van der Waals surface area contributed by atoms with Crippen molar-refractivity contribution in [3.63, 3.8) is 0 Å². The van der Waals surface area contributed by atoms with Gasteiger partial charge in [-0.2, -0.15) is 4.31 Å². The van der Waals surface area contributed by atoms with Crippen molar-refractivity contribution in [2.45, 2.75) is 37.1 Å². The van der Waals surface area contributed by atoms with E-state index in [-0.39, 0.29) is 6.04 Å². The van der Waals surface area contributed by atoms with E-state index in [1.54, 1.807) is 16.4 Å². The lowest BCUT2D eigenvalue weighted by molar-refractivity contribution is 0.268. The van der Waals surface area contributed by atoms with Gasteiger partial charge in [-0.15, -0.1) is 0 Å². The topological polar surface area (TPSA) is 69.6 Å². The van der Waals surface area contributed by atoms with E-state index in [9.17, 15) is 8.42 Å². The number of pyridine rings is 2. The summed E-state index contributed by atoms with van der Waals surface area (Å²) in [7, 11) is -3.48. The van der Waals surface area contributed by atoms with Gasteiger partial charge in [-0.1, -0.05) is 12.5 Å². The van der Waals surface area contributed by atoms with Crippen molar-refractivity contribution < 1.29 is 8.42 Å². The summed E-state index contributed by atoms with van der Waals surface area (Å²) in [5.41, 5.74) is 0.820. The summed E-state index contributed by atoms with van der Waals surface area (Å²) in [6.07, 6.45) is 4.77. The van der Waals surface area contributed by atoms with Crippen LogP contribution in [0.1, 0.15) is 26.2 Å². The summed E-state index contributed by atoms with van der Waals surface area (Å²) in [6.45, 7) is 6.12. The molecule has 1 aromatic carbocycles. The fraction of sp³-hybridized carbons (Fsp3) is 0.417. The minimum Gasteiger partial charge on any atom is -0.353 e. The van der Waals surface area contributed by atoms with Crippen molar-refractivity contribution in [2.75, 3.05) is 42.5 Å².